The molecule has 1 atom stereocenters. The van der Waals surface area contributed by atoms with Gasteiger partial charge in [0.2, 0.25) is 11.8 Å². The van der Waals surface area contributed by atoms with Crippen molar-refractivity contribution in [3.63, 3.8) is 0 Å². The van der Waals surface area contributed by atoms with Crippen LogP contribution in [-0.2, 0) is 9.59 Å². The minimum Gasteiger partial charge on any atom is -0.494 e. The Balaban J connectivity index is 2.03. The van der Waals surface area contributed by atoms with Crippen molar-refractivity contribution in [3.05, 3.63) is 82.0 Å². The molecule has 37 heavy (non-hydrogen) atoms. The van der Waals surface area contributed by atoms with Crippen LogP contribution in [0.1, 0.15) is 61.0 Å². The van der Waals surface area contributed by atoms with Crippen molar-refractivity contribution in [2.24, 2.45) is 0 Å². The van der Waals surface area contributed by atoms with E-state index in [4.69, 9.17) is 4.74 Å². The molecule has 2 N–H and O–H groups in total. The van der Waals surface area contributed by atoms with Crippen LogP contribution in [-0.4, -0.2) is 36.4 Å². The Morgan fingerprint density at radius 3 is 2.24 bits per heavy atom. The van der Waals surface area contributed by atoms with Gasteiger partial charge in [-0.05, 0) is 75.4 Å². The van der Waals surface area contributed by atoms with Crippen LogP contribution in [0, 0.1) is 6.92 Å². The Hall–Kier alpha value is -3.65. The summed E-state index contributed by atoms with van der Waals surface area (Å²) in [4.78, 5) is 42.1. The minimum absolute atomic E-state index is 0.267. The molecule has 7 nitrogen and oxygen atoms in total. The van der Waals surface area contributed by atoms with E-state index in [1.807, 2.05) is 58.9 Å². The Labute approximate surface area is 222 Å². The Morgan fingerprint density at radius 2 is 1.68 bits per heavy atom. The highest BCUT2D eigenvalue weighted by Gasteiger charge is 2.35. The molecule has 0 saturated carbocycles. The second kappa shape index (κ2) is 12.5. The number of thiophene rings is 1. The quantitative estimate of drug-likeness (QED) is 0.360. The summed E-state index contributed by atoms with van der Waals surface area (Å²) in [6.45, 7) is 10.00. The number of benzene rings is 2. The second-order valence-corrected chi connectivity index (χ2v) is 10.3. The van der Waals surface area contributed by atoms with Crippen LogP contribution in [0.25, 0.3) is 0 Å². The van der Waals surface area contributed by atoms with E-state index in [0.29, 0.717) is 34.9 Å². The smallest absolute Gasteiger partial charge is 0.261 e. The number of aryl methyl sites for hydroxylation is 1. The van der Waals surface area contributed by atoms with E-state index in [0.717, 1.165) is 5.56 Å². The van der Waals surface area contributed by atoms with Gasteiger partial charge in [0.25, 0.3) is 5.91 Å². The zero-order valence-corrected chi connectivity index (χ0v) is 22.9. The summed E-state index contributed by atoms with van der Waals surface area (Å²) < 4.78 is 5.57. The van der Waals surface area contributed by atoms with Crippen molar-refractivity contribution in [2.75, 3.05) is 18.1 Å². The fourth-order valence-corrected chi connectivity index (χ4v) is 4.34. The van der Waals surface area contributed by atoms with Gasteiger partial charge in [0, 0.05) is 11.2 Å². The Bertz CT molecular complexity index is 1190. The highest BCUT2D eigenvalue weighted by molar-refractivity contribution is 7.12. The number of anilines is 1. The molecule has 1 aromatic heterocycles. The third-order valence-corrected chi connectivity index (χ3v) is 6.95. The zero-order chi connectivity index (χ0) is 27.0. The molecule has 8 heteroatoms. The van der Waals surface area contributed by atoms with Crippen molar-refractivity contribution in [1.29, 1.82) is 0 Å². The molecule has 0 aliphatic rings. The highest BCUT2D eigenvalue weighted by Crippen LogP contribution is 2.30. The largest absolute Gasteiger partial charge is 0.494 e. The number of ether oxygens (including phenoxy) is 1. The maximum absolute atomic E-state index is 13.8. The molecule has 1 unspecified atom stereocenters. The first-order chi connectivity index (χ1) is 17.6. The van der Waals surface area contributed by atoms with E-state index in [1.54, 1.807) is 41.8 Å². The molecule has 0 aliphatic heterocycles. The molecule has 3 amide bonds. The van der Waals surface area contributed by atoms with Gasteiger partial charge in [-0.1, -0.05) is 42.8 Å². The number of nitrogens with zero attached hydrogens (tertiary/aromatic N) is 1. The topological polar surface area (TPSA) is 87.7 Å². The fraction of sp³-hybridized carbons (Fsp3) is 0.345. The van der Waals surface area contributed by atoms with Crippen LogP contribution in [0.2, 0.25) is 0 Å². The van der Waals surface area contributed by atoms with Gasteiger partial charge in [-0.15, -0.1) is 11.3 Å². The number of nitrogens with one attached hydrogen (secondary N) is 2. The maximum atomic E-state index is 13.8. The van der Waals surface area contributed by atoms with Gasteiger partial charge in [-0.2, -0.15) is 0 Å². The molecule has 0 aliphatic carbocycles. The van der Waals surface area contributed by atoms with Crippen LogP contribution in [0.3, 0.4) is 0 Å². The Kier molecular flexibility index (Phi) is 9.47. The zero-order valence-electron chi connectivity index (χ0n) is 22.0. The number of carbonyl (C=O) groups is 3. The van der Waals surface area contributed by atoms with Gasteiger partial charge in [-0.25, -0.2) is 0 Å². The van der Waals surface area contributed by atoms with Gasteiger partial charge in [0.05, 0.1) is 18.0 Å². The number of hydrogen-bond donors (Lipinski definition) is 2. The van der Waals surface area contributed by atoms with Crippen molar-refractivity contribution in [2.45, 2.75) is 52.6 Å². The van der Waals surface area contributed by atoms with E-state index < -0.39 is 17.5 Å². The van der Waals surface area contributed by atoms with E-state index >= 15 is 0 Å². The normalized spacial score (nSPS) is 11.9. The third-order valence-electron chi connectivity index (χ3n) is 6.08. The molecule has 3 rings (SSSR count). The Morgan fingerprint density at radius 1 is 1.00 bits per heavy atom. The summed E-state index contributed by atoms with van der Waals surface area (Å²) in [6, 6.07) is 17.1. The molecular weight excluding hydrogens is 486 g/mol. The van der Waals surface area contributed by atoms with E-state index in [-0.39, 0.29) is 18.4 Å². The van der Waals surface area contributed by atoms with Crippen molar-refractivity contribution in [1.82, 2.24) is 10.6 Å². The second-order valence-electron chi connectivity index (χ2n) is 9.39. The first kappa shape index (κ1) is 27.9. The molecule has 0 bridgehead atoms. The molecule has 0 radical (unpaired) electrons. The predicted octanol–water partition coefficient (Wildman–Crippen LogP) is 5.26. The molecular formula is C29H35N3O4S. The lowest BCUT2D eigenvalue weighted by atomic mass is 9.97. The van der Waals surface area contributed by atoms with Crippen molar-refractivity contribution >= 4 is 34.7 Å². The molecule has 0 spiro atoms. The average Bonchev–Trinajstić information content (AvgIpc) is 3.42. The first-order valence-corrected chi connectivity index (χ1v) is 13.3. The van der Waals surface area contributed by atoms with Crippen LogP contribution >= 0.6 is 11.3 Å². The van der Waals surface area contributed by atoms with Gasteiger partial charge in [0.15, 0.2) is 0 Å². The van der Waals surface area contributed by atoms with Crippen LogP contribution in [0.5, 0.6) is 5.75 Å². The maximum Gasteiger partial charge on any atom is 0.261 e. The van der Waals surface area contributed by atoms with E-state index in [2.05, 4.69) is 10.6 Å². The number of amides is 3. The lowest BCUT2D eigenvalue weighted by molar-refractivity contribution is -0.127. The van der Waals surface area contributed by atoms with Crippen LogP contribution in [0.4, 0.5) is 5.69 Å². The summed E-state index contributed by atoms with van der Waals surface area (Å²) >= 11 is 1.30. The lowest BCUT2D eigenvalue weighted by Gasteiger charge is -2.34. The van der Waals surface area contributed by atoms with Crippen molar-refractivity contribution < 1.29 is 19.1 Å². The summed E-state index contributed by atoms with van der Waals surface area (Å²) in [5, 5.41) is 7.61. The number of rotatable bonds is 11. The number of carbonyl (C=O) groups excluding carboxylic acids is 3. The standard InChI is InChI=1S/C29H35N3O4S/c1-6-29(4,5)31-28(35)26(21-12-10-20(3)11-13-21)32(22-14-16-23(17-15-22)36-7-2)25(33)19-30-27(34)24-9-8-18-37-24/h8-18,26H,6-7,19H2,1-5H3,(H,30,34)(H,31,35). The van der Waals surface area contributed by atoms with E-state index in [9.17, 15) is 14.4 Å². The minimum atomic E-state index is -0.949. The molecule has 0 fully saturated rings. The lowest BCUT2D eigenvalue weighted by Crippen LogP contribution is -2.52. The summed E-state index contributed by atoms with van der Waals surface area (Å²) in [5.74, 6) is -0.391. The van der Waals surface area contributed by atoms with Crippen LogP contribution in [0.15, 0.2) is 66.0 Å². The molecule has 0 saturated heterocycles. The van der Waals surface area contributed by atoms with Gasteiger partial charge >= 0.3 is 0 Å². The monoisotopic (exact) mass is 521 g/mol. The van der Waals surface area contributed by atoms with Crippen LogP contribution < -0.4 is 20.3 Å². The van der Waals surface area contributed by atoms with Crippen molar-refractivity contribution in [3.8, 4) is 5.75 Å². The van der Waals surface area contributed by atoms with Gasteiger partial charge < -0.3 is 15.4 Å². The fourth-order valence-electron chi connectivity index (χ4n) is 3.70. The van der Waals surface area contributed by atoms with Gasteiger partial charge in [-0.3, -0.25) is 19.3 Å². The highest BCUT2D eigenvalue weighted by atomic mass is 32.1. The average molecular weight is 522 g/mol. The SMILES string of the molecule is CCOc1ccc(N(C(=O)CNC(=O)c2cccs2)C(C(=O)NC(C)(C)CC)c2ccc(C)cc2)cc1. The molecule has 1 heterocycles. The molecule has 196 valence electrons. The summed E-state index contributed by atoms with van der Waals surface area (Å²) in [5.41, 5.74) is 1.76. The number of hydrogen-bond acceptors (Lipinski definition) is 5. The third kappa shape index (κ3) is 7.43. The predicted molar refractivity (Wildman–Crippen MR) is 148 cm³/mol. The summed E-state index contributed by atoms with van der Waals surface area (Å²) in [7, 11) is 0. The van der Waals surface area contributed by atoms with Gasteiger partial charge in [0.1, 0.15) is 11.8 Å². The summed E-state index contributed by atoms with van der Waals surface area (Å²) in [6.07, 6.45) is 0.716. The molecule has 2 aromatic carbocycles. The molecule has 3 aromatic rings. The van der Waals surface area contributed by atoms with E-state index in [1.165, 1.54) is 16.2 Å². The first-order valence-electron chi connectivity index (χ1n) is 12.4.